The molecular formula is C18H18N4O3S2. The van der Waals surface area contributed by atoms with Gasteiger partial charge >= 0.3 is 0 Å². The average molecular weight is 403 g/mol. The summed E-state index contributed by atoms with van der Waals surface area (Å²) >= 11 is 6.83. The maximum Gasteiger partial charge on any atom is 0.240 e. The van der Waals surface area contributed by atoms with Crippen molar-refractivity contribution in [1.29, 1.82) is 0 Å². The van der Waals surface area contributed by atoms with E-state index >= 15 is 0 Å². The van der Waals surface area contributed by atoms with E-state index in [1.807, 2.05) is 42.6 Å². The molecule has 4 rings (SSSR count). The number of amides is 1. The van der Waals surface area contributed by atoms with Crippen LogP contribution < -0.4 is 14.8 Å². The first kappa shape index (κ1) is 17.7. The van der Waals surface area contributed by atoms with E-state index in [4.69, 9.17) is 21.7 Å². The molecule has 0 saturated carbocycles. The molecule has 0 saturated heterocycles. The van der Waals surface area contributed by atoms with Crippen molar-refractivity contribution in [1.82, 2.24) is 20.1 Å². The monoisotopic (exact) mass is 402 g/mol. The number of carbonyl (C=O) groups excluding carboxylic acids is 1. The molecule has 0 fully saturated rings. The first-order valence-corrected chi connectivity index (χ1v) is 9.78. The van der Waals surface area contributed by atoms with Crippen molar-refractivity contribution in [3.63, 3.8) is 0 Å². The van der Waals surface area contributed by atoms with Crippen LogP contribution in [0.2, 0.25) is 0 Å². The molecule has 1 amide bonds. The van der Waals surface area contributed by atoms with E-state index in [2.05, 4.69) is 15.5 Å². The summed E-state index contributed by atoms with van der Waals surface area (Å²) in [5, 5.41) is 12.0. The standard InChI is InChI=1S/C18H18N4O3S2/c1-11(12-4-5-13-14(9-12)25-7-6-24-13)19-16(23)10-22-17(20-21-18(22)26)15-3-2-8-27-15/h2-5,8-9,11H,6-7,10H2,1H3,(H,19,23)(H,21,26). The first-order valence-electron chi connectivity index (χ1n) is 8.50. The Hall–Kier alpha value is -2.65. The molecule has 9 heteroatoms. The molecule has 1 aliphatic rings. The minimum atomic E-state index is -0.181. The maximum absolute atomic E-state index is 12.6. The van der Waals surface area contributed by atoms with Gasteiger partial charge in [0, 0.05) is 0 Å². The summed E-state index contributed by atoms with van der Waals surface area (Å²) in [6.07, 6.45) is 0. The summed E-state index contributed by atoms with van der Waals surface area (Å²) in [6, 6.07) is 9.40. The molecule has 1 aliphatic heterocycles. The molecular weight excluding hydrogens is 384 g/mol. The van der Waals surface area contributed by atoms with Crippen LogP contribution in [0.15, 0.2) is 35.7 Å². The zero-order valence-corrected chi connectivity index (χ0v) is 16.2. The van der Waals surface area contributed by atoms with E-state index in [1.54, 1.807) is 15.9 Å². The average Bonchev–Trinajstić information content (AvgIpc) is 3.32. The van der Waals surface area contributed by atoms with Gasteiger partial charge in [-0.3, -0.25) is 14.5 Å². The van der Waals surface area contributed by atoms with Gasteiger partial charge in [0.05, 0.1) is 10.9 Å². The normalized spacial score (nSPS) is 14.0. The van der Waals surface area contributed by atoms with Crippen LogP contribution in [0.5, 0.6) is 11.5 Å². The molecule has 1 unspecified atom stereocenters. The highest BCUT2D eigenvalue weighted by atomic mass is 32.1. The zero-order valence-electron chi connectivity index (χ0n) is 14.6. The fourth-order valence-electron chi connectivity index (χ4n) is 2.90. The fraction of sp³-hybridized carbons (Fsp3) is 0.278. The molecule has 0 bridgehead atoms. The third-order valence-electron chi connectivity index (χ3n) is 4.25. The number of rotatable bonds is 5. The van der Waals surface area contributed by atoms with Gasteiger partial charge in [0.15, 0.2) is 22.1 Å². The van der Waals surface area contributed by atoms with Crippen molar-refractivity contribution in [2.24, 2.45) is 0 Å². The highest BCUT2D eigenvalue weighted by molar-refractivity contribution is 7.71. The Bertz CT molecular complexity index is 1010. The molecule has 7 nitrogen and oxygen atoms in total. The van der Waals surface area contributed by atoms with E-state index in [1.165, 1.54) is 0 Å². The lowest BCUT2D eigenvalue weighted by atomic mass is 10.1. The SMILES string of the molecule is CC(NC(=O)Cn1c(-c2cccs2)n[nH]c1=S)c1ccc2c(c1)OCCO2. The van der Waals surface area contributed by atoms with E-state index < -0.39 is 0 Å². The summed E-state index contributed by atoms with van der Waals surface area (Å²) in [4.78, 5) is 13.5. The Labute approximate surface area is 164 Å². The third kappa shape index (κ3) is 3.74. The predicted molar refractivity (Wildman–Crippen MR) is 105 cm³/mol. The summed E-state index contributed by atoms with van der Waals surface area (Å²) in [5.41, 5.74) is 0.946. The molecule has 27 heavy (non-hydrogen) atoms. The van der Waals surface area contributed by atoms with E-state index in [0.717, 1.165) is 16.2 Å². The highest BCUT2D eigenvalue weighted by Gasteiger charge is 2.17. The second kappa shape index (κ2) is 7.53. The molecule has 2 N–H and O–H groups in total. The Balaban J connectivity index is 1.47. The predicted octanol–water partition coefficient (Wildman–Crippen LogP) is 3.32. The Morgan fingerprint density at radius 1 is 1.37 bits per heavy atom. The molecule has 0 aliphatic carbocycles. The number of fused-ring (bicyclic) bond motifs is 1. The summed E-state index contributed by atoms with van der Waals surface area (Å²) in [6.45, 7) is 3.10. The molecule has 1 atom stereocenters. The minimum Gasteiger partial charge on any atom is -0.486 e. The third-order valence-corrected chi connectivity index (χ3v) is 5.42. The number of H-pyrrole nitrogens is 1. The van der Waals surface area contributed by atoms with Crippen molar-refractivity contribution < 1.29 is 14.3 Å². The fourth-order valence-corrected chi connectivity index (χ4v) is 3.82. The van der Waals surface area contributed by atoms with Gasteiger partial charge in [-0.15, -0.1) is 11.3 Å². The number of ether oxygens (including phenoxy) is 2. The smallest absolute Gasteiger partial charge is 0.240 e. The summed E-state index contributed by atoms with van der Waals surface area (Å²) in [5.74, 6) is 1.95. The van der Waals surface area contributed by atoms with Gasteiger partial charge in [0.1, 0.15) is 19.8 Å². The number of carbonyl (C=O) groups is 1. The zero-order chi connectivity index (χ0) is 18.8. The second-order valence-electron chi connectivity index (χ2n) is 6.11. The van der Waals surface area contributed by atoms with Crippen LogP contribution in [0.25, 0.3) is 10.7 Å². The van der Waals surface area contributed by atoms with Gasteiger partial charge in [0.2, 0.25) is 5.91 Å². The lowest BCUT2D eigenvalue weighted by Crippen LogP contribution is -2.30. The van der Waals surface area contributed by atoms with Crippen molar-refractivity contribution in [2.45, 2.75) is 19.5 Å². The van der Waals surface area contributed by atoms with Crippen molar-refractivity contribution in [2.75, 3.05) is 13.2 Å². The van der Waals surface area contributed by atoms with Crippen LogP contribution in [0.3, 0.4) is 0 Å². The van der Waals surface area contributed by atoms with Gasteiger partial charge in [-0.05, 0) is 48.3 Å². The Morgan fingerprint density at radius 2 is 2.19 bits per heavy atom. The summed E-state index contributed by atoms with van der Waals surface area (Å²) in [7, 11) is 0. The van der Waals surface area contributed by atoms with Crippen molar-refractivity contribution >= 4 is 29.5 Å². The molecule has 1 aromatic carbocycles. The number of benzene rings is 1. The highest BCUT2D eigenvalue weighted by Crippen LogP contribution is 2.32. The number of nitrogens with one attached hydrogen (secondary N) is 2. The van der Waals surface area contributed by atoms with Crippen LogP contribution in [-0.2, 0) is 11.3 Å². The summed E-state index contributed by atoms with van der Waals surface area (Å²) < 4.78 is 13.3. The number of aromatic nitrogens is 3. The lowest BCUT2D eigenvalue weighted by molar-refractivity contribution is -0.122. The molecule has 0 radical (unpaired) electrons. The topological polar surface area (TPSA) is 81.2 Å². The minimum absolute atomic E-state index is 0.0947. The lowest BCUT2D eigenvalue weighted by Gasteiger charge is -2.21. The van der Waals surface area contributed by atoms with Gasteiger partial charge in [-0.25, -0.2) is 0 Å². The Morgan fingerprint density at radius 3 is 2.96 bits per heavy atom. The van der Waals surface area contributed by atoms with Crippen LogP contribution >= 0.6 is 23.6 Å². The number of nitrogens with zero attached hydrogens (tertiary/aromatic N) is 2. The number of thiophene rings is 1. The molecule has 3 heterocycles. The quantitative estimate of drug-likeness (QED) is 0.640. The van der Waals surface area contributed by atoms with E-state index in [0.29, 0.717) is 29.6 Å². The van der Waals surface area contributed by atoms with Gasteiger partial charge in [-0.1, -0.05) is 12.1 Å². The van der Waals surface area contributed by atoms with Crippen LogP contribution in [0.1, 0.15) is 18.5 Å². The molecule has 0 spiro atoms. The van der Waals surface area contributed by atoms with Crippen molar-refractivity contribution in [3.05, 3.63) is 46.0 Å². The van der Waals surface area contributed by atoms with Crippen LogP contribution in [0.4, 0.5) is 0 Å². The molecule has 2 aromatic heterocycles. The van der Waals surface area contributed by atoms with Gasteiger partial charge in [0.25, 0.3) is 0 Å². The number of hydrogen-bond acceptors (Lipinski definition) is 6. The van der Waals surface area contributed by atoms with E-state index in [9.17, 15) is 4.79 Å². The van der Waals surface area contributed by atoms with Crippen LogP contribution in [-0.4, -0.2) is 33.9 Å². The van der Waals surface area contributed by atoms with Crippen molar-refractivity contribution in [3.8, 4) is 22.2 Å². The maximum atomic E-state index is 12.6. The van der Waals surface area contributed by atoms with Gasteiger partial charge in [-0.2, -0.15) is 5.10 Å². The van der Waals surface area contributed by atoms with Crippen LogP contribution in [0, 0.1) is 4.77 Å². The first-order chi connectivity index (χ1) is 13.1. The molecule has 140 valence electrons. The number of aromatic amines is 1. The molecule has 3 aromatic rings. The van der Waals surface area contributed by atoms with Gasteiger partial charge < -0.3 is 14.8 Å². The van der Waals surface area contributed by atoms with E-state index in [-0.39, 0.29) is 18.5 Å². The number of hydrogen-bond donors (Lipinski definition) is 2. The largest absolute Gasteiger partial charge is 0.486 e. The second-order valence-corrected chi connectivity index (χ2v) is 7.44. The Kier molecular flexibility index (Phi) is 4.95.